The van der Waals surface area contributed by atoms with E-state index < -0.39 is 0 Å². The zero-order chi connectivity index (χ0) is 19.7. The van der Waals surface area contributed by atoms with Crippen molar-refractivity contribution in [3.63, 3.8) is 0 Å². The third-order valence-electron chi connectivity index (χ3n) is 4.64. The first kappa shape index (κ1) is 18.7. The minimum absolute atomic E-state index is 0.0458. The summed E-state index contributed by atoms with van der Waals surface area (Å²) in [5.41, 5.74) is 5.33. The van der Waals surface area contributed by atoms with Gasteiger partial charge in [0.05, 0.1) is 5.70 Å². The summed E-state index contributed by atoms with van der Waals surface area (Å²) >= 11 is 9.59. The molecule has 3 aromatic rings. The second-order valence-electron chi connectivity index (χ2n) is 6.62. The second-order valence-corrected chi connectivity index (χ2v) is 7.91. The summed E-state index contributed by atoms with van der Waals surface area (Å²) in [7, 11) is 0. The third kappa shape index (κ3) is 3.68. The Hall–Kier alpha value is -2.62. The average molecular weight is 451 g/mol. The number of carbonyl (C=O) groups is 1. The number of hydrogen-bond donors (Lipinski definition) is 0. The predicted molar refractivity (Wildman–Crippen MR) is 120 cm³/mol. The summed E-state index contributed by atoms with van der Waals surface area (Å²) in [6.07, 6.45) is 3.86. The van der Waals surface area contributed by atoms with Crippen molar-refractivity contribution in [2.45, 2.75) is 6.92 Å². The van der Waals surface area contributed by atoms with E-state index in [1.165, 1.54) is 0 Å². The van der Waals surface area contributed by atoms with Crippen molar-refractivity contribution in [3.05, 3.63) is 111 Å². The van der Waals surface area contributed by atoms with Crippen molar-refractivity contribution in [1.82, 2.24) is 0 Å². The van der Waals surface area contributed by atoms with E-state index in [9.17, 15) is 4.79 Å². The van der Waals surface area contributed by atoms with Gasteiger partial charge in [0.15, 0.2) is 0 Å². The molecule has 0 bridgehead atoms. The molecule has 0 spiro atoms. The van der Waals surface area contributed by atoms with Crippen LogP contribution in [0.25, 0.3) is 11.8 Å². The molecule has 1 heterocycles. The fourth-order valence-electron chi connectivity index (χ4n) is 3.20. The van der Waals surface area contributed by atoms with Gasteiger partial charge in [-0.1, -0.05) is 70.0 Å². The molecule has 1 aliphatic rings. The molecule has 0 fully saturated rings. The summed E-state index contributed by atoms with van der Waals surface area (Å²) in [5, 5.41) is 0.666. The molecule has 0 radical (unpaired) electrons. The topological polar surface area (TPSA) is 20.3 Å². The number of hydrogen-bond acceptors (Lipinski definition) is 1. The molecule has 4 heteroatoms. The van der Waals surface area contributed by atoms with E-state index in [2.05, 4.69) is 15.9 Å². The van der Waals surface area contributed by atoms with Crippen LogP contribution < -0.4 is 4.90 Å². The summed E-state index contributed by atoms with van der Waals surface area (Å²) in [6, 6.07) is 23.3. The summed E-state index contributed by atoms with van der Waals surface area (Å²) in [4.78, 5) is 15.1. The van der Waals surface area contributed by atoms with Gasteiger partial charge in [-0.15, -0.1) is 0 Å². The number of carbonyl (C=O) groups excluding carboxylic acids is 1. The van der Waals surface area contributed by atoms with Crippen LogP contribution in [0.3, 0.4) is 0 Å². The molecule has 0 saturated carbocycles. The lowest BCUT2D eigenvalue weighted by Gasteiger charge is -2.21. The van der Waals surface area contributed by atoms with E-state index in [0.29, 0.717) is 10.6 Å². The Bertz CT molecular complexity index is 1100. The molecule has 0 aliphatic carbocycles. The van der Waals surface area contributed by atoms with Gasteiger partial charge >= 0.3 is 0 Å². The Morgan fingerprint density at radius 2 is 1.68 bits per heavy atom. The van der Waals surface area contributed by atoms with Gasteiger partial charge in [0.25, 0.3) is 5.91 Å². The van der Waals surface area contributed by atoms with Gasteiger partial charge in [-0.3, -0.25) is 9.69 Å². The van der Waals surface area contributed by atoms with Crippen molar-refractivity contribution < 1.29 is 4.79 Å². The molecular formula is C24H17BrClNO. The first-order valence-corrected chi connectivity index (χ1v) is 10.0. The van der Waals surface area contributed by atoms with Crippen LogP contribution in [-0.4, -0.2) is 5.91 Å². The lowest BCUT2D eigenvalue weighted by molar-refractivity contribution is -0.113. The number of rotatable bonds is 3. The number of aryl methyl sites for hydroxylation is 1. The lowest BCUT2D eigenvalue weighted by Crippen LogP contribution is -2.25. The second kappa shape index (κ2) is 7.78. The molecule has 3 aromatic carbocycles. The number of nitrogens with zero attached hydrogens (tertiary/aromatic N) is 1. The summed E-state index contributed by atoms with van der Waals surface area (Å²) in [5.74, 6) is -0.0458. The van der Waals surface area contributed by atoms with Crippen LogP contribution in [-0.2, 0) is 4.79 Å². The van der Waals surface area contributed by atoms with Crippen LogP contribution in [0.1, 0.15) is 16.7 Å². The molecule has 0 saturated heterocycles. The number of benzene rings is 3. The molecule has 28 heavy (non-hydrogen) atoms. The molecule has 4 rings (SSSR count). The molecular weight excluding hydrogens is 434 g/mol. The highest BCUT2D eigenvalue weighted by Crippen LogP contribution is 2.36. The Morgan fingerprint density at radius 3 is 2.36 bits per heavy atom. The highest BCUT2D eigenvalue weighted by molar-refractivity contribution is 9.10. The van der Waals surface area contributed by atoms with E-state index in [4.69, 9.17) is 11.6 Å². The van der Waals surface area contributed by atoms with Crippen molar-refractivity contribution in [2.75, 3.05) is 4.90 Å². The monoisotopic (exact) mass is 449 g/mol. The first-order valence-electron chi connectivity index (χ1n) is 8.88. The van der Waals surface area contributed by atoms with Crippen LogP contribution in [0.15, 0.2) is 88.9 Å². The van der Waals surface area contributed by atoms with E-state index >= 15 is 0 Å². The summed E-state index contributed by atoms with van der Waals surface area (Å²) in [6.45, 7) is 2.01. The van der Waals surface area contributed by atoms with Gasteiger partial charge in [-0.2, -0.15) is 0 Å². The van der Waals surface area contributed by atoms with Gasteiger partial charge in [-0.25, -0.2) is 0 Å². The van der Waals surface area contributed by atoms with Gasteiger partial charge in [0.2, 0.25) is 0 Å². The van der Waals surface area contributed by atoms with Crippen LogP contribution in [0.5, 0.6) is 0 Å². The zero-order valence-corrected chi connectivity index (χ0v) is 17.5. The van der Waals surface area contributed by atoms with Crippen molar-refractivity contribution in [1.29, 1.82) is 0 Å². The Labute approximate surface area is 177 Å². The molecule has 138 valence electrons. The standard InChI is InChI=1S/C24H17BrClNO/c1-16-13-21(11-12-22(16)25)27-23(18-7-9-20(26)10-8-18)15-19(24(27)28)14-17-5-3-2-4-6-17/h2-15H,1H3/b19-14+. The predicted octanol–water partition coefficient (Wildman–Crippen LogP) is 6.88. The van der Waals surface area contributed by atoms with Gasteiger partial charge in [-0.05, 0) is 66.1 Å². The molecule has 2 nitrogen and oxygen atoms in total. The van der Waals surface area contributed by atoms with Crippen LogP contribution >= 0.6 is 27.5 Å². The summed E-state index contributed by atoms with van der Waals surface area (Å²) < 4.78 is 1.01. The Kier molecular flexibility index (Phi) is 5.21. The quantitative estimate of drug-likeness (QED) is 0.398. The third-order valence-corrected chi connectivity index (χ3v) is 5.79. The Morgan fingerprint density at radius 1 is 0.964 bits per heavy atom. The van der Waals surface area contributed by atoms with Crippen molar-refractivity contribution in [3.8, 4) is 0 Å². The van der Waals surface area contributed by atoms with E-state index in [-0.39, 0.29) is 5.91 Å². The largest absolute Gasteiger partial charge is 0.276 e. The SMILES string of the molecule is Cc1cc(N2C(=O)/C(=C/c3ccccc3)C=C2c2ccc(Cl)cc2)ccc1Br. The number of amides is 1. The average Bonchev–Trinajstić information content (AvgIpc) is 3.02. The molecule has 1 aliphatic heterocycles. The van der Waals surface area contributed by atoms with Crippen LogP contribution in [0.2, 0.25) is 5.02 Å². The molecule has 0 unspecified atom stereocenters. The minimum atomic E-state index is -0.0458. The van der Waals surface area contributed by atoms with Crippen molar-refractivity contribution in [2.24, 2.45) is 0 Å². The fourth-order valence-corrected chi connectivity index (χ4v) is 3.57. The molecule has 0 aromatic heterocycles. The Balaban J connectivity index is 1.84. The maximum Gasteiger partial charge on any atom is 0.262 e. The maximum absolute atomic E-state index is 13.3. The van der Waals surface area contributed by atoms with Gasteiger partial charge < -0.3 is 0 Å². The first-order chi connectivity index (χ1) is 13.5. The smallest absolute Gasteiger partial charge is 0.262 e. The molecule has 0 atom stereocenters. The van der Waals surface area contributed by atoms with Gasteiger partial charge in [0.1, 0.15) is 0 Å². The van der Waals surface area contributed by atoms with Crippen molar-refractivity contribution >= 4 is 50.9 Å². The number of anilines is 1. The highest BCUT2D eigenvalue weighted by Gasteiger charge is 2.30. The zero-order valence-electron chi connectivity index (χ0n) is 15.2. The van der Waals surface area contributed by atoms with E-state index in [1.807, 2.05) is 91.9 Å². The fraction of sp³-hybridized carbons (Fsp3) is 0.0417. The lowest BCUT2D eigenvalue weighted by atomic mass is 10.1. The molecule has 1 amide bonds. The molecule has 0 N–H and O–H groups in total. The maximum atomic E-state index is 13.3. The number of halogens is 2. The van der Waals surface area contributed by atoms with E-state index in [1.54, 1.807) is 4.90 Å². The minimum Gasteiger partial charge on any atom is -0.276 e. The normalized spacial score (nSPS) is 15.2. The van der Waals surface area contributed by atoms with Crippen LogP contribution in [0.4, 0.5) is 5.69 Å². The van der Waals surface area contributed by atoms with Crippen LogP contribution in [0, 0.1) is 6.92 Å². The van der Waals surface area contributed by atoms with Gasteiger partial charge in [0, 0.05) is 20.8 Å². The highest BCUT2D eigenvalue weighted by atomic mass is 79.9. The van der Waals surface area contributed by atoms with E-state index in [0.717, 1.165) is 32.5 Å².